The number of carbonyl (C=O) groups excluding carboxylic acids is 2. The molecule has 0 aromatic rings. The Morgan fingerprint density at radius 3 is 1.15 bits per heavy atom. The molecular weight excluding hydrogens is 1070 g/mol. The van der Waals surface area contributed by atoms with Crippen LogP contribution in [0.1, 0.15) is 290 Å². The molecule has 0 spiro atoms. The second kappa shape index (κ2) is 63.4. The van der Waals surface area contributed by atoms with Gasteiger partial charge >= 0.3 is 13.8 Å². The molecule has 3 atom stereocenters. The lowest BCUT2D eigenvalue weighted by molar-refractivity contribution is -0.870. The number of rotatable bonds is 62. The average molecular weight is 1200 g/mol. The Labute approximate surface area is 524 Å². The Morgan fingerprint density at radius 1 is 0.424 bits per heavy atom. The Kier molecular flexibility index (Phi) is 60.8. The highest BCUT2D eigenvalue weighted by Gasteiger charge is 2.30. The van der Waals surface area contributed by atoms with Crippen LogP contribution in [0.15, 0.2) is 122 Å². The van der Waals surface area contributed by atoms with Gasteiger partial charge in [0.1, 0.15) is 19.3 Å². The molecule has 0 saturated carbocycles. The predicted octanol–water partition coefficient (Wildman–Crippen LogP) is 22.2. The number of phosphoric acid groups is 1. The van der Waals surface area contributed by atoms with E-state index in [4.69, 9.17) is 13.8 Å². The molecule has 1 amide bonds. The zero-order chi connectivity index (χ0) is 62.1. The fourth-order valence-electron chi connectivity index (χ4n) is 9.54. The van der Waals surface area contributed by atoms with Gasteiger partial charge in [0, 0.05) is 12.8 Å². The zero-order valence-corrected chi connectivity index (χ0v) is 56.7. The minimum atomic E-state index is -4.47. The van der Waals surface area contributed by atoms with Crippen LogP contribution in [0.2, 0.25) is 0 Å². The third-order valence-electron chi connectivity index (χ3n) is 14.9. The average Bonchev–Trinajstić information content (AvgIpc) is 3.64. The van der Waals surface area contributed by atoms with E-state index in [2.05, 4.69) is 135 Å². The number of nitrogens with one attached hydrogen (secondary N) is 1. The Hall–Kier alpha value is -3.59. The summed E-state index contributed by atoms with van der Waals surface area (Å²) >= 11 is 0. The Balaban J connectivity index is 5.11. The Morgan fingerprint density at radius 2 is 0.753 bits per heavy atom. The normalized spacial score (nSPS) is 14.3. The first-order chi connectivity index (χ1) is 41.4. The van der Waals surface area contributed by atoms with Gasteiger partial charge in [0.05, 0.1) is 33.8 Å². The van der Waals surface area contributed by atoms with Gasteiger partial charge in [0.15, 0.2) is 0 Å². The summed E-state index contributed by atoms with van der Waals surface area (Å²) in [7, 11) is 1.47. The van der Waals surface area contributed by atoms with Crippen LogP contribution in [-0.4, -0.2) is 74.3 Å². The van der Waals surface area contributed by atoms with Crippen molar-refractivity contribution < 1.29 is 37.3 Å². The molecule has 0 aromatic carbocycles. The SMILES string of the molecule is CC/C=C\C/C=C\C/C=C\C/C=C\C/C=C\CCCCCCCCCCCC(=O)NC(COP(=O)(O)OCC[N+](C)(C)C)C(/C=C/CCCCCCCCCCC)OC(=O)CCCCCCCCC/C=C\C/C=C\C/C=C\C/C=C\CCCCC. The van der Waals surface area contributed by atoms with Crippen molar-refractivity contribution in [3.05, 3.63) is 122 Å². The zero-order valence-electron chi connectivity index (χ0n) is 55.8. The molecular formula is C75H132N2O7P+. The lowest BCUT2D eigenvalue weighted by Gasteiger charge is -2.27. The van der Waals surface area contributed by atoms with Crippen LogP contribution in [-0.2, 0) is 27.9 Å². The number of hydrogen-bond acceptors (Lipinski definition) is 6. The van der Waals surface area contributed by atoms with Crippen molar-refractivity contribution >= 4 is 19.7 Å². The van der Waals surface area contributed by atoms with E-state index < -0.39 is 20.0 Å². The number of unbranched alkanes of at least 4 members (excludes halogenated alkanes) is 28. The van der Waals surface area contributed by atoms with Crippen LogP contribution < -0.4 is 5.32 Å². The molecule has 9 nitrogen and oxygen atoms in total. The van der Waals surface area contributed by atoms with Crippen LogP contribution in [0.5, 0.6) is 0 Å². The van der Waals surface area contributed by atoms with E-state index in [9.17, 15) is 19.0 Å². The smallest absolute Gasteiger partial charge is 0.456 e. The molecule has 85 heavy (non-hydrogen) atoms. The van der Waals surface area contributed by atoms with E-state index in [0.29, 0.717) is 17.4 Å². The topological polar surface area (TPSA) is 111 Å². The summed E-state index contributed by atoms with van der Waals surface area (Å²) in [6.07, 6.45) is 89.2. The number of amides is 1. The van der Waals surface area contributed by atoms with Crippen molar-refractivity contribution in [3.63, 3.8) is 0 Å². The van der Waals surface area contributed by atoms with Gasteiger partial charge < -0.3 is 19.4 Å². The van der Waals surface area contributed by atoms with E-state index in [1.165, 1.54) is 122 Å². The fourth-order valence-corrected chi connectivity index (χ4v) is 10.3. The van der Waals surface area contributed by atoms with Gasteiger partial charge in [-0.1, -0.05) is 277 Å². The molecule has 0 saturated heterocycles. The highest BCUT2D eigenvalue weighted by atomic mass is 31.2. The van der Waals surface area contributed by atoms with Gasteiger partial charge in [-0.05, 0) is 122 Å². The third kappa shape index (κ3) is 64.7. The monoisotopic (exact) mass is 1200 g/mol. The molecule has 10 heteroatoms. The largest absolute Gasteiger partial charge is 0.472 e. The van der Waals surface area contributed by atoms with Crippen LogP contribution in [0, 0.1) is 0 Å². The highest BCUT2D eigenvalue weighted by Crippen LogP contribution is 2.43. The number of quaternary nitrogens is 1. The van der Waals surface area contributed by atoms with Crippen molar-refractivity contribution in [1.82, 2.24) is 5.32 Å². The summed E-state index contributed by atoms with van der Waals surface area (Å²) in [4.78, 5) is 37.9. The third-order valence-corrected chi connectivity index (χ3v) is 15.9. The first-order valence-corrected chi connectivity index (χ1v) is 36.4. The predicted molar refractivity (Wildman–Crippen MR) is 369 cm³/mol. The van der Waals surface area contributed by atoms with E-state index >= 15 is 0 Å². The molecule has 0 rings (SSSR count). The van der Waals surface area contributed by atoms with E-state index in [0.717, 1.165) is 135 Å². The van der Waals surface area contributed by atoms with E-state index in [1.54, 1.807) is 0 Å². The summed E-state index contributed by atoms with van der Waals surface area (Å²) in [5.41, 5.74) is 0. The molecule has 3 unspecified atom stereocenters. The molecule has 488 valence electrons. The molecule has 0 aromatic heterocycles. The number of esters is 1. The molecule has 0 radical (unpaired) electrons. The maximum Gasteiger partial charge on any atom is 0.472 e. The van der Waals surface area contributed by atoms with Gasteiger partial charge in [-0.3, -0.25) is 18.6 Å². The maximum atomic E-state index is 13.6. The van der Waals surface area contributed by atoms with E-state index in [1.807, 2.05) is 33.3 Å². The summed E-state index contributed by atoms with van der Waals surface area (Å²) in [6, 6.07) is -0.865. The summed E-state index contributed by atoms with van der Waals surface area (Å²) < 4.78 is 30.8. The molecule has 0 fully saturated rings. The Bertz CT molecular complexity index is 1870. The summed E-state index contributed by atoms with van der Waals surface area (Å²) in [5.74, 6) is -0.528. The van der Waals surface area contributed by atoms with Crippen LogP contribution in [0.3, 0.4) is 0 Å². The standard InChI is InChI=1S/C75H131N2O7P/c1-7-10-13-16-19-22-25-27-29-31-33-35-37-38-40-41-43-45-47-49-52-55-58-61-64-67-74(78)76-72(71-83-85(80,81)82-70-69-77(4,5)6)73(66-63-60-57-54-51-24-21-18-15-12-9-3)84-75(79)68-65-62-59-56-53-50-48-46-44-42-39-36-34-32-30-28-26-23-20-17-14-11-8-2/h10,13,19-20,22-23,27-30,33-36,38,40,42,44,63,66,72-73H,7-9,11-12,14-18,21,24-26,31-32,37,39,41,43,45-62,64-65,67-71H2,1-6H3,(H-,76,78,80,81)/p+1/b13-10-,22-19-,23-20-,29-27-,30-28-,35-33-,36-34-,40-38-,44-42-,66-63+. The van der Waals surface area contributed by atoms with Gasteiger partial charge in [-0.25, -0.2) is 4.57 Å². The minimum Gasteiger partial charge on any atom is -0.456 e. The van der Waals surface area contributed by atoms with E-state index in [-0.39, 0.29) is 31.5 Å². The second-order valence-corrected chi connectivity index (χ2v) is 25.8. The molecule has 0 aliphatic rings. The molecule has 2 N–H and O–H groups in total. The van der Waals surface area contributed by atoms with Crippen LogP contribution in [0.25, 0.3) is 0 Å². The molecule has 0 aliphatic heterocycles. The van der Waals surface area contributed by atoms with Gasteiger partial charge in [0.2, 0.25) is 5.91 Å². The number of ether oxygens (including phenoxy) is 1. The lowest BCUT2D eigenvalue weighted by atomic mass is 10.0. The van der Waals surface area contributed by atoms with Gasteiger partial charge in [-0.2, -0.15) is 0 Å². The first kappa shape index (κ1) is 81.4. The number of phosphoric ester groups is 1. The fraction of sp³-hybridized carbons (Fsp3) is 0.707. The van der Waals surface area contributed by atoms with Gasteiger partial charge in [0.25, 0.3) is 0 Å². The summed E-state index contributed by atoms with van der Waals surface area (Å²) in [5, 5.41) is 3.06. The lowest BCUT2D eigenvalue weighted by Crippen LogP contribution is -2.47. The molecule has 0 bridgehead atoms. The number of carbonyl (C=O) groups is 2. The quantitative estimate of drug-likeness (QED) is 0.0205. The maximum absolute atomic E-state index is 13.6. The molecule has 0 heterocycles. The molecule has 0 aliphatic carbocycles. The van der Waals surface area contributed by atoms with Crippen molar-refractivity contribution in [2.24, 2.45) is 0 Å². The second-order valence-electron chi connectivity index (χ2n) is 24.3. The first-order valence-electron chi connectivity index (χ1n) is 34.9. The minimum absolute atomic E-state index is 0.0310. The van der Waals surface area contributed by atoms with Crippen molar-refractivity contribution in [3.8, 4) is 0 Å². The number of likely N-dealkylation sites (N-methyl/N-ethyl adjacent to an activating group) is 1. The summed E-state index contributed by atoms with van der Waals surface area (Å²) in [6.45, 7) is 6.86. The number of allylic oxidation sites excluding steroid dienone is 19. The van der Waals surface area contributed by atoms with Crippen LogP contribution in [0.4, 0.5) is 0 Å². The van der Waals surface area contributed by atoms with Crippen molar-refractivity contribution in [1.29, 1.82) is 0 Å². The van der Waals surface area contributed by atoms with Crippen molar-refractivity contribution in [2.75, 3.05) is 40.9 Å². The van der Waals surface area contributed by atoms with Crippen molar-refractivity contribution in [2.45, 2.75) is 303 Å². The van der Waals surface area contributed by atoms with Gasteiger partial charge in [-0.15, -0.1) is 0 Å². The number of hydrogen-bond donors (Lipinski definition) is 2. The number of nitrogens with zero attached hydrogens (tertiary/aromatic N) is 1. The highest BCUT2D eigenvalue weighted by molar-refractivity contribution is 7.47. The van der Waals surface area contributed by atoms with Crippen LogP contribution >= 0.6 is 7.82 Å².